The van der Waals surface area contributed by atoms with Crippen molar-refractivity contribution in [1.82, 2.24) is 0 Å². The van der Waals surface area contributed by atoms with E-state index in [1.807, 2.05) is 6.92 Å². The minimum absolute atomic E-state index is 0.0848. The third kappa shape index (κ3) is 1.50. The minimum Gasteiger partial charge on any atom is -0.459 e. The van der Waals surface area contributed by atoms with E-state index in [-0.39, 0.29) is 18.7 Å². The third-order valence-corrected chi connectivity index (χ3v) is 2.24. The fourth-order valence-corrected chi connectivity index (χ4v) is 1.51. The standard InChI is InChI=1S/C9H14O3/c1-3-4-9(2)5-7(6-10)12-8(9)11/h3,7,10H,1,4-6H2,2H3/t7-,9-/m0/s1. The highest BCUT2D eigenvalue weighted by atomic mass is 16.6. The normalized spacial score (nSPS) is 34.8. The molecule has 0 bridgehead atoms. The van der Waals surface area contributed by atoms with Crippen LogP contribution in [0.25, 0.3) is 0 Å². The SMILES string of the molecule is C=CC[C@@]1(C)C[C@@H](CO)OC1=O. The number of ether oxygens (including phenoxy) is 1. The van der Waals surface area contributed by atoms with Crippen LogP contribution in [0.4, 0.5) is 0 Å². The van der Waals surface area contributed by atoms with Crippen molar-refractivity contribution in [2.24, 2.45) is 5.41 Å². The fourth-order valence-electron chi connectivity index (χ4n) is 1.51. The average molecular weight is 170 g/mol. The van der Waals surface area contributed by atoms with Gasteiger partial charge >= 0.3 is 5.97 Å². The van der Waals surface area contributed by atoms with Crippen LogP contribution in [0.5, 0.6) is 0 Å². The Hall–Kier alpha value is -0.830. The summed E-state index contributed by atoms with van der Waals surface area (Å²) in [4.78, 5) is 11.3. The van der Waals surface area contributed by atoms with Gasteiger partial charge in [-0.15, -0.1) is 6.58 Å². The second-order valence-corrected chi connectivity index (χ2v) is 3.47. The molecule has 1 aliphatic rings. The molecule has 1 saturated heterocycles. The molecule has 2 atom stereocenters. The predicted octanol–water partition coefficient (Wildman–Crippen LogP) is 0.877. The molecular formula is C9H14O3. The maximum absolute atomic E-state index is 11.3. The summed E-state index contributed by atoms with van der Waals surface area (Å²) in [7, 11) is 0. The first-order valence-electron chi connectivity index (χ1n) is 4.05. The number of cyclic esters (lactones) is 1. The lowest BCUT2D eigenvalue weighted by Gasteiger charge is -2.15. The Labute approximate surface area is 72.0 Å². The molecule has 0 unspecified atom stereocenters. The van der Waals surface area contributed by atoms with Crippen LogP contribution in [0.15, 0.2) is 12.7 Å². The minimum atomic E-state index is -0.463. The van der Waals surface area contributed by atoms with Crippen molar-refractivity contribution in [2.75, 3.05) is 6.61 Å². The molecule has 0 radical (unpaired) electrons. The van der Waals surface area contributed by atoms with Crippen molar-refractivity contribution < 1.29 is 14.6 Å². The Morgan fingerprint density at radius 1 is 1.92 bits per heavy atom. The second-order valence-electron chi connectivity index (χ2n) is 3.47. The molecular weight excluding hydrogens is 156 g/mol. The highest BCUT2D eigenvalue weighted by Gasteiger charge is 2.43. The molecule has 1 fully saturated rings. The van der Waals surface area contributed by atoms with Crippen molar-refractivity contribution in [3.8, 4) is 0 Å². The molecule has 3 heteroatoms. The molecule has 0 spiro atoms. The Kier molecular flexibility index (Phi) is 2.52. The van der Waals surface area contributed by atoms with E-state index < -0.39 is 5.41 Å². The van der Waals surface area contributed by atoms with E-state index in [1.54, 1.807) is 6.08 Å². The van der Waals surface area contributed by atoms with E-state index in [1.165, 1.54) is 0 Å². The molecule has 0 aliphatic carbocycles. The van der Waals surface area contributed by atoms with Gasteiger partial charge in [-0.25, -0.2) is 0 Å². The van der Waals surface area contributed by atoms with Gasteiger partial charge in [0.1, 0.15) is 6.10 Å². The zero-order valence-corrected chi connectivity index (χ0v) is 7.25. The van der Waals surface area contributed by atoms with Crippen LogP contribution < -0.4 is 0 Å². The lowest BCUT2D eigenvalue weighted by molar-refractivity contribution is -0.149. The average Bonchev–Trinajstić information content (AvgIpc) is 2.29. The van der Waals surface area contributed by atoms with Gasteiger partial charge < -0.3 is 9.84 Å². The van der Waals surface area contributed by atoms with Crippen LogP contribution in [0.3, 0.4) is 0 Å². The van der Waals surface area contributed by atoms with E-state index in [4.69, 9.17) is 9.84 Å². The zero-order chi connectivity index (χ0) is 9.19. The van der Waals surface area contributed by atoms with Gasteiger partial charge in [-0.05, 0) is 13.3 Å². The molecule has 12 heavy (non-hydrogen) atoms. The number of aliphatic hydroxyl groups is 1. The van der Waals surface area contributed by atoms with Crippen LogP contribution >= 0.6 is 0 Å². The quantitative estimate of drug-likeness (QED) is 0.505. The Bertz CT molecular complexity index is 200. The highest BCUT2D eigenvalue weighted by Crippen LogP contribution is 2.36. The molecule has 1 heterocycles. The summed E-state index contributed by atoms with van der Waals surface area (Å²) < 4.78 is 4.94. The van der Waals surface area contributed by atoms with Gasteiger partial charge in [0.2, 0.25) is 0 Å². The number of carbonyl (C=O) groups is 1. The molecule has 3 nitrogen and oxygen atoms in total. The Balaban J connectivity index is 2.66. The first-order valence-corrected chi connectivity index (χ1v) is 4.05. The van der Waals surface area contributed by atoms with Crippen molar-refractivity contribution in [2.45, 2.75) is 25.9 Å². The van der Waals surface area contributed by atoms with Gasteiger partial charge in [-0.1, -0.05) is 6.08 Å². The van der Waals surface area contributed by atoms with Crippen LogP contribution in [0.2, 0.25) is 0 Å². The molecule has 0 aromatic carbocycles. The first kappa shape index (κ1) is 9.26. The van der Waals surface area contributed by atoms with Gasteiger partial charge in [-0.3, -0.25) is 4.79 Å². The Morgan fingerprint density at radius 2 is 2.58 bits per heavy atom. The number of aliphatic hydroxyl groups excluding tert-OH is 1. The summed E-state index contributed by atoms with van der Waals surface area (Å²) in [6, 6.07) is 0. The topological polar surface area (TPSA) is 46.5 Å². The first-order chi connectivity index (χ1) is 5.62. The predicted molar refractivity (Wildman–Crippen MR) is 44.5 cm³/mol. The van der Waals surface area contributed by atoms with Crippen LogP contribution in [-0.2, 0) is 9.53 Å². The number of allylic oxidation sites excluding steroid dienone is 1. The summed E-state index contributed by atoms with van der Waals surface area (Å²) in [5.74, 6) is -0.221. The van der Waals surface area contributed by atoms with Gasteiger partial charge in [-0.2, -0.15) is 0 Å². The smallest absolute Gasteiger partial charge is 0.312 e. The number of hydrogen-bond acceptors (Lipinski definition) is 3. The van der Waals surface area contributed by atoms with Gasteiger partial charge in [0, 0.05) is 6.42 Å². The molecule has 1 rings (SSSR count). The monoisotopic (exact) mass is 170 g/mol. The molecule has 0 amide bonds. The summed E-state index contributed by atoms with van der Waals surface area (Å²) in [5.41, 5.74) is -0.463. The summed E-state index contributed by atoms with van der Waals surface area (Å²) in [6.45, 7) is 5.34. The van der Waals surface area contributed by atoms with Crippen LogP contribution in [0.1, 0.15) is 19.8 Å². The van der Waals surface area contributed by atoms with E-state index in [0.29, 0.717) is 12.8 Å². The van der Waals surface area contributed by atoms with Crippen LogP contribution in [0, 0.1) is 5.41 Å². The van der Waals surface area contributed by atoms with E-state index >= 15 is 0 Å². The van der Waals surface area contributed by atoms with Crippen LogP contribution in [-0.4, -0.2) is 23.8 Å². The number of esters is 1. The number of hydrogen-bond donors (Lipinski definition) is 1. The molecule has 0 aromatic rings. The van der Waals surface area contributed by atoms with Crippen molar-refractivity contribution in [1.29, 1.82) is 0 Å². The Morgan fingerprint density at radius 3 is 3.00 bits per heavy atom. The number of carbonyl (C=O) groups excluding carboxylic acids is 1. The largest absolute Gasteiger partial charge is 0.459 e. The third-order valence-electron chi connectivity index (χ3n) is 2.24. The van der Waals surface area contributed by atoms with E-state index in [9.17, 15) is 4.79 Å². The maximum Gasteiger partial charge on any atom is 0.312 e. The van der Waals surface area contributed by atoms with Crippen molar-refractivity contribution in [3.05, 3.63) is 12.7 Å². The van der Waals surface area contributed by atoms with Gasteiger partial charge in [0.25, 0.3) is 0 Å². The summed E-state index contributed by atoms with van der Waals surface area (Å²) in [5, 5.41) is 8.78. The molecule has 0 aromatic heterocycles. The molecule has 0 saturated carbocycles. The lowest BCUT2D eigenvalue weighted by Crippen LogP contribution is -2.21. The molecule has 68 valence electrons. The number of rotatable bonds is 3. The molecule has 1 aliphatic heterocycles. The highest BCUT2D eigenvalue weighted by molar-refractivity contribution is 5.78. The second kappa shape index (κ2) is 3.27. The lowest BCUT2D eigenvalue weighted by atomic mass is 9.84. The molecule has 1 N–H and O–H groups in total. The summed E-state index contributed by atoms with van der Waals surface area (Å²) >= 11 is 0. The maximum atomic E-state index is 11.3. The summed E-state index contributed by atoms with van der Waals surface area (Å²) in [6.07, 6.45) is 2.60. The fraction of sp³-hybridized carbons (Fsp3) is 0.667. The van der Waals surface area contributed by atoms with Gasteiger partial charge in [0.05, 0.1) is 12.0 Å². The zero-order valence-electron chi connectivity index (χ0n) is 7.25. The van der Waals surface area contributed by atoms with Gasteiger partial charge in [0.15, 0.2) is 0 Å². The van der Waals surface area contributed by atoms with Crippen molar-refractivity contribution >= 4 is 5.97 Å². The van der Waals surface area contributed by atoms with Crippen molar-refractivity contribution in [3.63, 3.8) is 0 Å². The van der Waals surface area contributed by atoms with E-state index in [2.05, 4.69) is 6.58 Å². The van der Waals surface area contributed by atoms with E-state index in [0.717, 1.165) is 0 Å².